The molecule has 0 fully saturated rings. The highest BCUT2D eigenvalue weighted by Crippen LogP contribution is 2.22. The highest BCUT2D eigenvalue weighted by atomic mass is 33.1. The third-order valence-electron chi connectivity index (χ3n) is 1.53. The Kier molecular flexibility index (Phi) is 6.11. The lowest BCUT2D eigenvalue weighted by Gasteiger charge is -2.03. The van der Waals surface area contributed by atoms with Crippen molar-refractivity contribution in [2.45, 2.75) is 12.7 Å². The molecule has 0 heterocycles. The number of benzene rings is 1. The molecular weight excluding hydrogens is 230 g/mol. The van der Waals surface area contributed by atoms with Gasteiger partial charge in [-0.1, -0.05) is 41.1 Å². The van der Waals surface area contributed by atoms with Crippen molar-refractivity contribution in [3.05, 3.63) is 35.9 Å². The van der Waals surface area contributed by atoms with E-state index in [1.165, 1.54) is 16.5 Å². The number of hydrogen-bond donors (Lipinski definition) is 1. The molecule has 0 unspecified atom stereocenters. The molecule has 1 aromatic rings. The summed E-state index contributed by atoms with van der Waals surface area (Å²) in [4.78, 5) is 10.9. The number of ether oxygens (including phenoxy) is 1. The quantitative estimate of drug-likeness (QED) is 0.489. The van der Waals surface area contributed by atoms with Crippen molar-refractivity contribution >= 4 is 27.9 Å². The van der Waals surface area contributed by atoms with E-state index in [2.05, 4.69) is 16.9 Å². The molecule has 5 heteroatoms. The van der Waals surface area contributed by atoms with Gasteiger partial charge >= 0.3 is 6.09 Å². The van der Waals surface area contributed by atoms with E-state index < -0.39 is 0 Å². The van der Waals surface area contributed by atoms with Crippen LogP contribution >= 0.6 is 21.8 Å². The van der Waals surface area contributed by atoms with Crippen molar-refractivity contribution in [1.82, 2.24) is 4.72 Å². The molecule has 0 aliphatic carbocycles. The number of hydrogen-bond acceptors (Lipinski definition) is 4. The summed E-state index contributed by atoms with van der Waals surface area (Å²) in [5.41, 5.74) is 1.24. The Labute approximate surface area is 97.5 Å². The van der Waals surface area contributed by atoms with Crippen LogP contribution in [-0.4, -0.2) is 12.7 Å². The Morgan fingerprint density at radius 2 is 2.13 bits per heavy atom. The minimum Gasteiger partial charge on any atom is -0.449 e. The molecule has 0 aliphatic heterocycles. The third-order valence-corrected chi connectivity index (χ3v) is 3.30. The predicted molar refractivity (Wildman–Crippen MR) is 65.5 cm³/mol. The van der Waals surface area contributed by atoms with Crippen LogP contribution in [0.5, 0.6) is 0 Å². The largest absolute Gasteiger partial charge is 0.449 e. The minimum atomic E-state index is -0.386. The summed E-state index contributed by atoms with van der Waals surface area (Å²) >= 11 is 0. The van der Waals surface area contributed by atoms with Gasteiger partial charge in [-0.3, -0.25) is 4.72 Å². The summed E-state index contributed by atoms with van der Waals surface area (Å²) < 4.78 is 7.28. The molecule has 3 nitrogen and oxygen atoms in total. The fraction of sp³-hybridized carbons (Fsp3) is 0.300. The van der Waals surface area contributed by atoms with Crippen molar-refractivity contribution in [1.29, 1.82) is 0 Å². The van der Waals surface area contributed by atoms with Gasteiger partial charge in [0.05, 0.1) is 6.61 Å². The molecule has 1 rings (SSSR count). The van der Waals surface area contributed by atoms with E-state index in [0.29, 0.717) is 6.61 Å². The molecule has 0 bridgehead atoms. The van der Waals surface area contributed by atoms with Gasteiger partial charge in [0.2, 0.25) is 0 Å². The normalized spacial score (nSPS) is 9.67. The minimum absolute atomic E-state index is 0.386. The maximum atomic E-state index is 10.9. The lowest BCUT2D eigenvalue weighted by atomic mass is 10.2. The number of carbonyl (C=O) groups excluding carboxylic acids is 1. The van der Waals surface area contributed by atoms with Gasteiger partial charge in [-0.2, -0.15) is 0 Å². The SMILES string of the molecule is CCOC(=O)NSSCc1ccccc1. The van der Waals surface area contributed by atoms with Crippen LogP contribution in [0.25, 0.3) is 0 Å². The first kappa shape index (κ1) is 12.3. The highest BCUT2D eigenvalue weighted by Gasteiger charge is 1.99. The van der Waals surface area contributed by atoms with Gasteiger partial charge in [-0.05, 0) is 12.5 Å². The Morgan fingerprint density at radius 3 is 2.80 bits per heavy atom. The van der Waals surface area contributed by atoms with E-state index in [0.717, 1.165) is 5.75 Å². The monoisotopic (exact) mass is 243 g/mol. The molecule has 82 valence electrons. The van der Waals surface area contributed by atoms with E-state index in [-0.39, 0.29) is 6.09 Å². The van der Waals surface area contributed by atoms with Gasteiger partial charge in [0.1, 0.15) is 0 Å². The van der Waals surface area contributed by atoms with Crippen LogP contribution in [-0.2, 0) is 10.5 Å². The van der Waals surface area contributed by atoms with E-state index in [4.69, 9.17) is 4.74 Å². The van der Waals surface area contributed by atoms with Gasteiger partial charge in [0.15, 0.2) is 0 Å². The van der Waals surface area contributed by atoms with Crippen LogP contribution in [0.3, 0.4) is 0 Å². The van der Waals surface area contributed by atoms with Crippen molar-refractivity contribution < 1.29 is 9.53 Å². The summed E-state index contributed by atoms with van der Waals surface area (Å²) in [5.74, 6) is 0.859. The Balaban J connectivity index is 2.10. The summed E-state index contributed by atoms with van der Waals surface area (Å²) in [6.45, 7) is 2.18. The lowest BCUT2D eigenvalue weighted by molar-refractivity contribution is 0.159. The van der Waals surface area contributed by atoms with Crippen LogP contribution in [0.2, 0.25) is 0 Å². The van der Waals surface area contributed by atoms with Crippen molar-refractivity contribution in [3.8, 4) is 0 Å². The first-order valence-corrected chi connectivity index (χ1v) is 6.90. The zero-order valence-corrected chi connectivity index (χ0v) is 10.1. The van der Waals surface area contributed by atoms with E-state index in [1.54, 1.807) is 17.7 Å². The van der Waals surface area contributed by atoms with Crippen molar-refractivity contribution in [2.24, 2.45) is 0 Å². The average Bonchev–Trinajstić information content (AvgIpc) is 2.26. The van der Waals surface area contributed by atoms with E-state index in [1.807, 2.05) is 18.2 Å². The summed E-state index contributed by atoms with van der Waals surface area (Å²) in [5, 5.41) is 0. The molecule has 1 N–H and O–H groups in total. The summed E-state index contributed by atoms with van der Waals surface area (Å²) in [7, 11) is 2.85. The fourth-order valence-corrected chi connectivity index (χ4v) is 2.44. The molecule has 0 saturated heterocycles. The Morgan fingerprint density at radius 1 is 1.40 bits per heavy atom. The molecular formula is C10H13NO2S2. The second-order valence-electron chi connectivity index (χ2n) is 2.65. The van der Waals surface area contributed by atoms with E-state index in [9.17, 15) is 4.79 Å². The number of carbonyl (C=O) groups is 1. The molecule has 0 saturated carbocycles. The first-order valence-electron chi connectivity index (χ1n) is 4.58. The van der Waals surface area contributed by atoms with Crippen LogP contribution < -0.4 is 4.72 Å². The molecule has 1 amide bonds. The highest BCUT2D eigenvalue weighted by molar-refractivity contribution is 8.75. The molecule has 0 radical (unpaired) electrons. The molecule has 0 aliphatic rings. The van der Waals surface area contributed by atoms with Gasteiger partial charge in [0, 0.05) is 16.7 Å². The number of rotatable bonds is 5. The van der Waals surface area contributed by atoms with Crippen LogP contribution in [0.4, 0.5) is 4.79 Å². The van der Waals surface area contributed by atoms with E-state index >= 15 is 0 Å². The van der Waals surface area contributed by atoms with Gasteiger partial charge in [0.25, 0.3) is 0 Å². The molecule has 15 heavy (non-hydrogen) atoms. The lowest BCUT2D eigenvalue weighted by Crippen LogP contribution is -2.15. The van der Waals surface area contributed by atoms with Crippen molar-refractivity contribution in [3.63, 3.8) is 0 Å². The van der Waals surface area contributed by atoms with Crippen LogP contribution in [0.1, 0.15) is 12.5 Å². The standard InChI is InChI=1S/C10H13NO2S2/c1-2-13-10(12)11-15-14-8-9-6-4-3-5-7-9/h3-7H,2,8H2,1H3,(H,11,12). The molecule has 0 atom stereocenters. The smallest absolute Gasteiger partial charge is 0.417 e. The average molecular weight is 243 g/mol. The topological polar surface area (TPSA) is 38.3 Å². The zero-order chi connectivity index (χ0) is 10.9. The first-order chi connectivity index (χ1) is 7.33. The zero-order valence-electron chi connectivity index (χ0n) is 8.43. The predicted octanol–water partition coefficient (Wildman–Crippen LogP) is 3.23. The fourth-order valence-electron chi connectivity index (χ4n) is 0.896. The Bertz CT molecular complexity index is 293. The number of amides is 1. The Hall–Kier alpha value is -0.810. The van der Waals surface area contributed by atoms with Gasteiger partial charge < -0.3 is 4.74 Å². The number of nitrogens with one attached hydrogen (secondary N) is 1. The molecule has 1 aromatic carbocycles. The van der Waals surface area contributed by atoms with Gasteiger partial charge in [-0.15, -0.1) is 0 Å². The third kappa shape index (κ3) is 5.59. The van der Waals surface area contributed by atoms with Crippen LogP contribution in [0, 0.1) is 0 Å². The second-order valence-corrected chi connectivity index (χ2v) is 4.76. The maximum Gasteiger partial charge on any atom is 0.417 e. The maximum absolute atomic E-state index is 10.9. The van der Waals surface area contributed by atoms with Crippen molar-refractivity contribution in [2.75, 3.05) is 6.61 Å². The van der Waals surface area contributed by atoms with Gasteiger partial charge in [-0.25, -0.2) is 4.79 Å². The second kappa shape index (κ2) is 7.48. The van der Waals surface area contributed by atoms with Crippen LogP contribution in [0.15, 0.2) is 30.3 Å². The summed E-state index contributed by atoms with van der Waals surface area (Å²) in [6.07, 6.45) is -0.386. The molecule has 0 spiro atoms. The summed E-state index contributed by atoms with van der Waals surface area (Å²) in [6, 6.07) is 10.1. The molecule has 0 aromatic heterocycles.